The molecule has 1 heterocycles. The fourth-order valence-corrected chi connectivity index (χ4v) is 2.27. The SMILES string of the molecule is CC(C)c1csc(NC(=O)N(CC(=O)O)C(C)C)n1. The van der Waals surface area contributed by atoms with E-state index in [4.69, 9.17) is 5.11 Å². The highest BCUT2D eigenvalue weighted by atomic mass is 32.1. The molecule has 106 valence electrons. The molecule has 0 aliphatic heterocycles. The Kier molecular flexibility index (Phi) is 5.29. The molecule has 0 aromatic carbocycles. The molecular formula is C12H19N3O3S. The third-order valence-electron chi connectivity index (χ3n) is 2.52. The summed E-state index contributed by atoms with van der Waals surface area (Å²) in [6, 6.07) is -0.636. The van der Waals surface area contributed by atoms with Gasteiger partial charge in [-0.15, -0.1) is 11.3 Å². The van der Waals surface area contributed by atoms with Crippen LogP contribution in [0.1, 0.15) is 39.3 Å². The molecule has 6 nitrogen and oxygen atoms in total. The van der Waals surface area contributed by atoms with E-state index in [0.717, 1.165) is 5.69 Å². The maximum absolute atomic E-state index is 12.0. The smallest absolute Gasteiger partial charge is 0.324 e. The van der Waals surface area contributed by atoms with Crippen LogP contribution in [0.15, 0.2) is 5.38 Å². The van der Waals surface area contributed by atoms with Crippen LogP contribution in [0.3, 0.4) is 0 Å². The maximum Gasteiger partial charge on any atom is 0.324 e. The zero-order valence-corrected chi connectivity index (χ0v) is 12.3. The van der Waals surface area contributed by atoms with Crippen LogP contribution in [0.5, 0.6) is 0 Å². The average Bonchev–Trinajstić information content (AvgIpc) is 2.73. The van der Waals surface area contributed by atoms with Gasteiger partial charge in [0.15, 0.2) is 5.13 Å². The first kappa shape index (κ1) is 15.4. The Hall–Kier alpha value is -1.63. The number of rotatable bonds is 5. The second-order valence-corrected chi connectivity index (χ2v) is 5.64. The van der Waals surface area contributed by atoms with E-state index in [2.05, 4.69) is 10.3 Å². The van der Waals surface area contributed by atoms with Gasteiger partial charge in [0, 0.05) is 11.4 Å². The van der Waals surface area contributed by atoms with Crippen LogP contribution in [0, 0.1) is 0 Å². The molecule has 0 saturated heterocycles. The molecule has 1 aromatic heterocycles. The summed E-state index contributed by atoms with van der Waals surface area (Å²) in [5.74, 6) is -0.743. The first-order chi connectivity index (χ1) is 8.81. The third-order valence-corrected chi connectivity index (χ3v) is 3.29. The first-order valence-corrected chi connectivity index (χ1v) is 6.94. The number of amides is 2. The fraction of sp³-hybridized carbons (Fsp3) is 0.583. The summed E-state index contributed by atoms with van der Waals surface area (Å²) in [5, 5.41) is 13.8. The Morgan fingerprint density at radius 3 is 2.47 bits per heavy atom. The zero-order valence-electron chi connectivity index (χ0n) is 11.5. The molecule has 2 N–H and O–H groups in total. The summed E-state index contributed by atoms with van der Waals surface area (Å²) in [6.45, 7) is 7.25. The zero-order chi connectivity index (χ0) is 14.6. The number of hydrogen-bond acceptors (Lipinski definition) is 4. The number of carboxylic acids is 1. The lowest BCUT2D eigenvalue weighted by Crippen LogP contribution is -2.43. The van der Waals surface area contributed by atoms with Gasteiger partial charge in [-0.25, -0.2) is 9.78 Å². The standard InChI is InChI=1S/C12H19N3O3S/c1-7(2)9-6-19-11(13-9)14-12(18)15(8(3)4)5-10(16)17/h6-8H,5H2,1-4H3,(H,16,17)(H,13,14,18). The topological polar surface area (TPSA) is 82.5 Å². The molecule has 19 heavy (non-hydrogen) atoms. The lowest BCUT2D eigenvalue weighted by atomic mass is 10.2. The molecule has 0 saturated carbocycles. The van der Waals surface area contributed by atoms with E-state index < -0.39 is 12.0 Å². The van der Waals surface area contributed by atoms with Crippen molar-refractivity contribution < 1.29 is 14.7 Å². The predicted octanol–water partition coefficient (Wildman–Crippen LogP) is 2.59. The number of carboxylic acid groups (broad SMARTS) is 1. The fourth-order valence-electron chi connectivity index (χ4n) is 1.41. The number of carbonyl (C=O) groups excluding carboxylic acids is 1. The van der Waals surface area contributed by atoms with E-state index >= 15 is 0 Å². The minimum atomic E-state index is -1.04. The third kappa shape index (κ3) is 4.51. The van der Waals surface area contributed by atoms with Crippen LogP contribution >= 0.6 is 11.3 Å². The maximum atomic E-state index is 12.0. The van der Waals surface area contributed by atoms with Gasteiger partial charge in [-0.1, -0.05) is 13.8 Å². The largest absolute Gasteiger partial charge is 0.480 e. The highest BCUT2D eigenvalue weighted by molar-refractivity contribution is 7.13. The Bertz CT molecular complexity index is 457. The quantitative estimate of drug-likeness (QED) is 0.871. The molecule has 1 aromatic rings. The first-order valence-electron chi connectivity index (χ1n) is 6.06. The van der Waals surface area contributed by atoms with Crippen LogP contribution in [0.25, 0.3) is 0 Å². The summed E-state index contributed by atoms with van der Waals surface area (Å²) in [4.78, 5) is 28.2. The van der Waals surface area contributed by atoms with E-state index in [1.807, 2.05) is 19.2 Å². The van der Waals surface area contributed by atoms with Gasteiger partial charge in [-0.05, 0) is 19.8 Å². The Morgan fingerprint density at radius 1 is 1.42 bits per heavy atom. The van der Waals surface area contributed by atoms with Gasteiger partial charge in [-0.2, -0.15) is 0 Å². The Balaban J connectivity index is 2.72. The minimum Gasteiger partial charge on any atom is -0.480 e. The van der Waals surface area contributed by atoms with Crippen LogP contribution < -0.4 is 5.32 Å². The lowest BCUT2D eigenvalue weighted by Gasteiger charge is -2.24. The van der Waals surface area contributed by atoms with Crippen molar-refractivity contribution >= 4 is 28.5 Å². The van der Waals surface area contributed by atoms with Crippen molar-refractivity contribution in [3.05, 3.63) is 11.1 Å². The highest BCUT2D eigenvalue weighted by Gasteiger charge is 2.20. The van der Waals surface area contributed by atoms with Crippen molar-refractivity contribution in [2.75, 3.05) is 11.9 Å². The molecule has 0 aliphatic rings. The molecule has 0 atom stereocenters. The molecule has 7 heteroatoms. The monoisotopic (exact) mass is 285 g/mol. The molecule has 1 rings (SSSR count). The molecular weight excluding hydrogens is 266 g/mol. The van der Waals surface area contributed by atoms with Gasteiger partial charge in [-0.3, -0.25) is 10.1 Å². The van der Waals surface area contributed by atoms with Gasteiger partial charge >= 0.3 is 12.0 Å². The van der Waals surface area contributed by atoms with Gasteiger partial charge in [0.1, 0.15) is 6.54 Å². The second kappa shape index (κ2) is 6.51. The Morgan fingerprint density at radius 2 is 2.05 bits per heavy atom. The van der Waals surface area contributed by atoms with Gasteiger partial charge in [0.25, 0.3) is 0 Å². The predicted molar refractivity (Wildman–Crippen MR) is 74.7 cm³/mol. The van der Waals surface area contributed by atoms with Crippen molar-refractivity contribution in [1.82, 2.24) is 9.88 Å². The normalized spacial score (nSPS) is 10.8. The number of nitrogens with one attached hydrogen (secondary N) is 1. The van der Waals surface area contributed by atoms with Crippen LogP contribution in [-0.2, 0) is 4.79 Å². The minimum absolute atomic E-state index is 0.194. The molecule has 0 radical (unpaired) electrons. The van der Waals surface area contributed by atoms with Crippen molar-refractivity contribution in [2.24, 2.45) is 0 Å². The van der Waals surface area contributed by atoms with Gasteiger partial charge in [0.2, 0.25) is 0 Å². The van der Waals surface area contributed by atoms with Crippen molar-refractivity contribution in [2.45, 2.75) is 39.7 Å². The van der Waals surface area contributed by atoms with E-state index in [0.29, 0.717) is 11.0 Å². The molecule has 0 spiro atoms. The molecule has 2 amide bonds. The molecule has 0 aliphatic carbocycles. The van der Waals surface area contributed by atoms with Crippen molar-refractivity contribution in [1.29, 1.82) is 0 Å². The highest BCUT2D eigenvalue weighted by Crippen LogP contribution is 2.21. The lowest BCUT2D eigenvalue weighted by molar-refractivity contribution is -0.137. The summed E-state index contributed by atoms with van der Waals surface area (Å²) in [5.41, 5.74) is 0.912. The average molecular weight is 285 g/mol. The molecule has 0 fully saturated rings. The number of nitrogens with zero attached hydrogens (tertiary/aromatic N) is 2. The number of hydrogen-bond donors (Lipinski definition) is 2. The number of urea groups is 1. The van der Waals surface area contributed by atoms with E-state index in [-0.39, 0.29) is 12.6 Å². The van der Waals surface area contributed by atoms with E-state index in [1.165, 1.54) is 16.2 Å². The summed E-state index contributed by atoms with van der Waals surface area (Å²) in [6.07, 6.45) is 0. The van der Waals surface area contributed by atoms with Gasteiger partial charge in [0.05, 0.1) is 5.69 Å². The van der Waals surface area contributed by atoms with Crippen molar-refractivity contribution in [3.8, 4) is 0 Å². The summed E-state index contributed by atoms with van der Waals surface area (Å²) < 4.78 is 0. The number of aliphatic carboxylic acids is 1. The van der Waals surface area contributed by atoms with E-state index in [1.54, 1.807) is 13.8 Å². The van der Waals surface area contributed by atoms with Crippen LogP contribution in [0.4, 0.5) is 9.93 Å². The van der Waals surface area contributed by atoms with Crippen molar-refractivity contribution in [3.63, 3.8) is 0 Å². The Labute approximate surface area is 116 Å². The molecule has 0 unspecified atom stereocenters. The van der Waals surface area contributed by atoms with Gasteiger partial charge < -0.3 is 10.0 Å². The number of anilines is 1. The van der Waals surface area contributed by atoms with Crippen LogP contribution in [-0.4, -0.2) is 39.6 Å². The summed E-state index contributed by atoms with van der Waals surface area (Å²) >= 11 is 1.34. The second-order valence-electron chi connectivity index (χ2n) is 4.78. The number of aromatic nitrogens is 1. The number of thiazole rings is 1. The molecule has 0 bridgehead atoms. The van der Waals surface area contributed by atoms with E-state index in [9.17, 15) is 9.59 Å². The van der Waals surface area contributed by atoms with Crippen LogP contribution in [0.2, 0.25) is 0 Å². The summed E-state index contributed by atoms with van der Waals surface area (Å²) in [7, 11) is 0. The number of carbonyl (C=O) groups is 2.